The minimum Gasteiger partial charge on any atom is -0.489 e. The highest BCUT2D eigenvalue weighted by atomic mass is 16.5. The smallest absolute Gasteiger partial charge is 0.119 e. The van der Waals surface area contributed by atoms with E-state index in [1.807, 2.05) is 79.7 Å². The summed E-state index contributed by atoms with van der Waals surface area (Å²) in [5, 5.41) is 19.0. The second-order valence-corrected chi connectivity index (χ2v) is 8.25. The predicted molar refractivity (Wildman–Crippen MR) is 135 cm³/mol. The molecule has 0 N–H and O–H groups in total. The summed E-state index contributed by atoms with van der Waals surface area (Å²) in [6.07, 6.45) is 1.95. The molecule has 0 aliphatic rings. The SMILES string of the molecule is Cc1ccc(/C(C#N)=C\c2cc(C)n(-c3ccc(OCc4ccccc4C#N)cc3)c2C)cc1. The molecule has 0 fully saturated rings. The van der Waals surface area contributed by atoms with Crippen molar-refractivity contribution in [3.05, 3.63) is 118 Å². The first-order chi connectivity index (χ1) is 16.5. The van der Waals surface area contributed by atoms with Crippen LogP contribution in [0, 0.1) is 43.4 Å². The summed E-state index contributed by atoms with van der Waals surface area (Å²) < 4.78 is 8.08. The van der Waals surface area contributed by atoms with Crippen LogP contribution in [0.4, 0.5) is 0 Å². The summed E-state index contributed by atoms with van der Waals surface area (Å²) >= 11 is 0. The van der Waals surface area contributed by atoms with E-state index in [4.69, 9.17) is 4.74 Å². The molecule has 0 bridgehead atoms. The Morgan fingerprint density at radius 2 is 1.62 bits per heavy atom. The van der Waals surface area contributed by atoms with Gasteiger partial charge in [0, 0.05) is 22.6 Å². The minimum absolute atomic E-state index is 0.343. The Morgan fingerprint density at radius 3 is 2.29 bits per heavy atom. The highest BCUT2D eigenvalue weighted by Gasteiger charge is 2.11. The number of hydrogen-bond acceptors (Lipinski definition) is 3. The molecule has 4 heteroatoms. The van der Waals surface area contributed by atoms with Crippen molar-refractivity contribution in [3.63, 3.8) is 0 Å². The lowest BCUT2D eigenvalue weighted by Gasteiger charge is -2.12. The van der Waals surface area contributed by atoms with Crippen molar-refractivity contribution in [3.8, 4) is 23.6 Å². The lowest BCUT2D eigenvalue weighted by Crippen LogP contribution is -2.00. The maximum Gasteiger partial charge on any atom is 0.119 e. The number of allylic oxidation sites excluding steroid dienone is 1. The Bertz CT molecular complexity index is 1430. The number of ether oxygens (including phenoxy) is 1. The molecule has 1 aromatic heterocycles. The van der Waals surface area contributed by atoms with Gasteiger partial charge in [-0.1, -0.05) is 48.0 Å². The first-order valence-corrected chi connectivity index (χ1v) is 11.1. The normalized spacial score (nSPS) is 11.0. The monoisotopic (exact) mass is 443 g/mol. The fourth-order valence-electron chi connectivity index (χ4n) is 4.01. The number of benzene rings is 3. The van der Waals surface area contributed by atoms with E-state index in [-0.39, 0.29) is 0 Å². The molecule has 0 saturated carbocycles. The van der Waals surface area contributed by atoms with Gasteiger partial charge in [0.2, 0.25) is 0 Å². The number of aryl methyl sites for hydroxylation is 2. The van der Waals surface area contributed by atoms with E-state index in [0.717, 1.165) is 39.5 Å². The molecule has 0 atom stereocenters. The van der Waals surface area contributed by atoms with Gasteiger partial charge in [-0.3, -0.25) is 0 Å². The summed E-state index contributed by atoms with van der Waals surface area (Å²) in [6, 6.07) is 30.0. The van der Waals surface area contributed by atoms with E-state index in [0.29, 0.717) is 17.7 Å². The quantitative estimate of drug-likeness (QED) is 0.304. The molecular weight excluding hydrogens is 418 g/mol. The fraction of sp³-hybridized carbons (Fsp3) is 0.133. The van der Waals surface area contributed by atoms with Gasteiger partial charge in [0.05, 0.1) is 23.3 Å². The molecule has 3 aromatic carbocycles. The molecule has 0 unspecified atom stereocenters. The lowest BCUT2D eigenvalue weighted by molar-refractivity contribution is 0.306. The van der Waals surface area contributed by atoms with Crippen molar-refractivity contribution in [1.82, 2.24) is 4.57 Å². The number of rotatable bonds is 6. The summed E-state index contributed by atoms with van der Waals surface area (Å²) in [5.74, 6) is 0.741. The Morgan fingerprint density at radius 1 is 0.912 bits per heavy atom. The second-order valence-electron chi connectivity index (χ2n) is 8.25. The highest BCUT2D eigenvalue weighted by molar-refractivity contribution is 5.90. The van der Waals surface area contributed by atoms with Gasteiger partial charge in [0.15, 0.2) is 0 Å². The molecule has 4 aromatic rings. The molecular formula is C30H25N3O. The van der Waals surface area contributed by atoms with Crippen molar-refractivity contribution >= 4 is 11.6 Å². The molecule has 0 aliphatic carbocycles. The zero-order chi connectivity index (χ0) is 24.1. The topological polar surface area (TPSA) is 61.7 Å². The summed E-state index contributed by atoms with van der Waals surface area (Å²) in [5.41, 5.74) is 8.40. The summed E-state index contributed by atoms with van der Waals surface area (Å²) in [4.78, 5) is 0. The van der Waals surface area contributed by atoms with Crippen LogP contribution in [0.15, 0.2) is 78.9 Å². The number of aromatic nitrogens is 1. The van der Waals surface area contributed by atoms with E-state index < -0.39 is 0 Å². The standard InChI is InChI=1S/C30H25N3O/c1-21-8-10-24(11-9-21)28(19-32)17-27-16-22(2)33(23(27)3)29-12-14-30(15-13-29)34-20-26-7-5-4-6-25(26)18-31/h4-17H,20H2,1-3H3/b28-17-. The summed E-state index contributed by atoms with van der Waals surface area (Å²) in [6.45, 7) is 6.50. The molecule has 0 spiro atoms. The fourth-order valence-corrected chi connectivity index (χ4v) is 4.01. The van der Waals surface area contributed by atoms with Crippen molar-refractivity contribution in [2.45, 2.75) is 27.4 Å². The van der Waals surface area contributed by atoms with Gasteiger partial charge in [-0.2, -0.15) is 10.5 Å². The molecule has 0 aliphatic heterocycles. The Balaban J connectivity index is 1.57. The van der Waals surface area contributed by atoms with Crippen LogP contribution in [0.25, 0.3) is 17.3 Å². The zero-order valence-electron chi connectivity index (χ0n) is 19.5. The Hall–Kier alpha value is -4.54. The first-order valence-electron chi connectivity index (χ1n) is 11.1. The second kappa shape index (κ2) is 9.94. The van der Waals surface area contributed by atoms with Crippen LogP contribution in [-0.2, 0) is 6.61 Å². The molecule has 0 radical (unpaired) electrons. The molecule has 4 rings (SSSR count). The van der Waals surface area contributed by atoms with E-state index in [9.17, 15) is 10.5 Å². The van der Waals surface area contributed by atoms with Crippen LogP contribution in [-0.4, -0.2) is 4.57 Å². The average Bonchev–Trinajstić information content (AvgIpc) is 3.14. The number of hydrogen-bond donors (Lipinski definition) is 0. The van der Waals surface area contributed by atoms with Crippen molar-refractivity contribution in [2.75, 3.05) is 0 Å². The van der Waals surface area contributed by atoms with Crippen molar-refractivity contribution in [1.29, 1.82) is 10.5 Å². The van der Waals surface area contributed by atoms with Crippen LogP contribution in [0.5, 0.6) is 5.75 Å². The Kier molecular flexibility index (Phi) is 6.62. The van der Waals surface area contributed by atoms with Crippen LogP contribution < -0.4 is 4.74 Å². The third-order valence-electron chi connectivity index (χ3n) is 5.88. The van der Waals surface area contributed by atoms with Gasteiger partial charge in [-0.25, -0.2) is 0 Å². The van der Waals surface area contributed by atoms with Crippen LogP contribution in [0.3, 0.4) is 0 Å². The van der Waals surface area contributed by atoms with Crippen molar-refractivity contribution in [2.24, 2.45) is 0 Å². The minimum atomic E-state index is 0.343. The Labute approximate surface area is 200 Å². The van der Waals surface area contributed by atoms with Gasteiger partial charge in [-0.15, -0.1) is 0 Å². The number of nitriles is 2. The van der Waals surface area contributed by atoms with Gasteiger partial charge in [-0.05, 0) is 74.4 Å². The number of nitrogens with zero attached hydrogens (tertiary/aromatic N) is 3. The molecule has 0 saturated heterocycles. The highest BCUT2D eigenvalue weighted by Crippen LogP contribution is 2.27. The average molecular weight is 444 g/mol. The zero-order valence-corrected chi connectivity index (χ0v) is 19.5. The van der Waals surface area contributed by atoms with E-state index in [2.05, 4.69) is 36.6 Å². The molecule has 4 nitrogen and oxygen atoms in total. The van der Waals surface area contributed by atoms with Crippen LogP contribution in [0.2, 0.25) is 0 Å². The third kappa shape index (κ3) is 4.77. The van der Waals surface area contributed by atoms with Crippen LogP contribution >= 0.6 is 0 Å². The molecule has 166 valence electrons. The first kappa shape index (κ1) is 22.6. The van der Waals surface area contributed by atoms with Gasteiger partial charge >= 0.3 is 0 Å². The third-order valence-corrected chi connectivity index (χ3v) is 5.88. The molecule has 34 heavy (non-hydrogen) atoms. The van der Waals surface area contributed by atoms with Gasteiger partial charge in [0.1, 0.15) is 12.4 Å². The van der Waals surface area contributed by atoms with Crippen molar-refractivity contribution < 1.29 is 4.74 Å². The van der Waals surface area contributed by atoms with E-state index >= 15 is 0 Å². The van der Waals surface area contributed by atoms with E-state index in [1.54, 1.807) is 6.07 Å². The molecule has 0 amide bonds. The maximum absolute atomic E-state index is 9.73. The van der Waals surface area contributed by atoms with Gasteiger partial charge < -0.3 is 9.30 Å². The maximum atomic E-state index is 9.73. The summed E-state index contributed by atoms with van der Waals surface area (Å²) in [7, 11) is 0. The lowest BCUT2D eigenvalue weighted by atomic mass is 10.0. The van der Waals surface area contributed by atoms with Crippen LogP contribution in [0.1, 0.15) is 39.2 Å². The predicted octanol–water partition coefficient (Wildman–Crippen LogP) is 6.92. The largest absolute Gasteiger partial charge is 0.489 e. The van der Waals surface area contributed by atoms with Gasteiger partial charge in [0.25, 0.3) is 0 Å². The molecule has 1 heterocycles. The van der Waals surface area contributed by atoms with E-state index in [1.165, 1.54) is 5.56 Å².